The smallest absolute Gasteiger partial charge is 0.235 e. The van der Waals surface area contributed by atoms with E-state index in [0.29, 0.717) is 6.54 Å². The van der Waals surface area contributed by atoms with Crippen molar-refractivity contribution < 1.29 is 8.42 Å². The van der Waals surface area contributed by atoms with Crippen LogP contribution in [-0.4, -0.2) is 20.7 Å². The van der Waals surface area contributed by atoms with Crippen molar-refractivity contribution in [1.29, 1.82) is 0 Å². The first-order chi connectivity index (χ1) is 7.65. The van der Waals surface area contributed by atoms with Gasteiger partial charge in [-0.2, -0.15) is 0 Å². The van der Waals surface area contributed by atoms with Crippen molar-refractivity contribution in [2.45, 2.75) is 26.2 Å². The molecule has 0 saturated carbocycles. The number of aryl methyl sites for hydroxylation is 1. The maximum absolute atomic E-state index is 12.0. The van der Waals surface area contributed by atoms with E-state index in [-0.39, 0.29) is 5.75 Å². The molecule has 1 aromatic rings. The highest BCUT2D eigenvalue weighted by Gasteiger charge is 2.26. The van der Waals surface area contributed by atoms with Gasteiger partial charge >= 0.3 is 0 Å². The summed E-state index contributed by atoms with van der Waals surface area (Å²) in [5.41, 5.74) is 1.97. The van der Waals surface area contributed by atoms with Gasteiger partial charge in [0.15, 0.2) is 0 Å². The monoisotopic (exact) mass is 239 g/mol. The molecule has 0 radical (unpaired) electrons. The highest BCUT2D eigenvalue weighted by Crippen LogP contribution is 2.27. The fraction of sp³-hybridized carbons (Fsp3) is 0.500. The van der Waals surface area contributed by atoms with Crippen molar-refractivity contribution >= 4 is 15.7 Å². The molecule has 0 amide bonds. The van der Waals surface area contributed by atoms with E-state index in [1.807, 2.05) is 24.3 Å². The third-order valence-electron chi connectivity index (χ3n) is 2.99. The third kappa shape index (κ3) is 2.07. The van der Waals surface area contributed by atoms with E-state index in [4.69, 9.17) is 0 Å². The molecule has 0 N–H and O–H groups in total. The van der Waals surface area contributed by atoms with Crippen LogP contribution in [0.15, 0.2) is 24.3 Å². The Labute approximate surface area is 97.1 Å². The molecule has 0 bridgehead atoms. The van der Waals surface area contributed by atoms with E-state index in [1.165, 1.54) is 0 Å². The van der Waals surface area contributed by atoms with E-state index in [0.717, 1.165) is 30.5 Å². The van der Waals surface area contributed by atoms with Crippen LogP contribution in [0, 0.1) is 0 Å². The van der Waals surface area contributed by atoms with Gasteiger partial charge in [0.2, 0.25) is 10.0 Å². The molecule has 2 rings (SSSR count). The van der Waals surface area contributed by atoms with E-state index >= 15 is 0 Å². The standard InChI is InChI=1S/C12H17NO2S/c1-2-11-7-3-4-8-12(11)13-9-5-6-10-16(13,14)15/h3-4,7-8H,2,5-6,9-10H2,1H3. The second-order valence-electron chi connectivity index (χ2n) is 4.08. The van der Waals surface area contributed by atoms with Gasteiger partial charge in [-0.25, -0.2) is 8.42 Å². The van der Waals surface area contributed by atoms with Crippen LogP contribution < -0.4 is 4.31 Å². The summed E-state index contributed by atoms with van der Waals surface area (Å²) in [4.78, 5) is 0. The summed E-state index contributed by atoms with van der Waals surface area (Å²) in [5.74, 6) is 0.283. The molecular formula is C12H17NO2S. The summed E-state index contributed by atoms with van der Waals surface area (Å²) in [7, 11) is -3.08. The highest BCUT2D eigenvalue weighted by molar-refractivity contribution is 7.92. The summed E-state index contributed by atoms with van der Waals surface area (Å²) < 4.78 is 25.5. The molecule has 88 valence electrons. The molecular weight excluding hydrogens is 222 g/mol. The van der Waals surface area contributed by atoms with E-state index in [2.05, 4.69) is 6.92 Å². The molecule has 1 aliphatic heterocycles. The van der Waals surface area contributed by atoms with E-state index < -0.39 is 10.0 Å². The summed E-state index contributed by atoms with van der Waals surface area (Å²) in [6.45, 7) is 2.68. The van der Waals surface area contributed by atoms with Gasteiger partial charge in [0.05, 0.1) is 11.4 Å². The lowest BCUT2D eigenvalue weighted by Gasteiger charge is -2.29. The first-order valence-corrected chi connectivity index (χ1v) is 7.34. The maximum atomic E-state index is 12.0. The van der Waals surface area contributed by atoms with Crippen LogP contribution in [-0.2, 0) is 16.4 Å². The zero-order chi connectivity index (χ0) is 11.6. The number of rotatable bonds is 2. The van der Waals surface area contributed by atoms with Gasteiger partial charge < -0.3 is 0 Å². The fourth-order valence-electron chi connectivity index (χ4n) is 2.11. The van der Waals surface area contributed by atoms with Gasteiger partial charge in [0, 0.05) is 6.54 Å². The maximum Gasteiger partial charge on any atom is 0.235 e. The molecule has 1 fully saturated rings. The Bertz CT molecular complexity index is 468. The number of sulfonamides is 1. The number of hydrogen-bond donors (Lipinski definition) is 0. The number of nitrogens with zero attached hydrogens (tertiary/aromatic N) is 1. The molecule has 3 nitrogen and oxygen atoms in total. The molecule has 16 heavy (non-hydrogen) atoms. The lowest BCUT2D eigenvalue weighted by Crippen LogP contribution is -2.38. The van der Waals surface area contributed by atoms with Gasteiger partial charge in [-0.1, -0.05) is 25.1 Å². The number of anilines is 1. The van der Waals surface area contributed by atoms with Gasteiger partial charge in [-0.3, -0.25) is 4.31 Å². The number of benzene rings is 1. The van der Waals surface area contributed by atoms with Crippen molar-refractivity contribution in [3.8, 4) is 0 Å². The Balaban J connectivity index is 2.42. The Morgan fingerprint density at radius 1 is 1.25 bits per heavy atom. The second-order valence-corrected chi connectivity index (χ2v) is 6.09. The summed E-state index contributed by atoms with van der Waals surface area (Å²) in [6, 6.07) is 7.76. The first kappa shape index (κ1) is 11.5. The Hall–Kier alpha value is -1.03. The zero-order valence-electron chi connectivity index (χ0n) is 9.52. The summed E-state index contributed by atoms with van der Waals surface area (Å²) in [6.07, 6.45) is 2.60. The van der Waals surface area contributed by atoms with Crippen LogP contribution in [0.1, 0.15) is 25.3 Å². The second kappa shape index (κ2) is 4.45. The Morgan fingerprint density at radius 2 is 2.00 bits per heavy atom. The van der Waals surface area contributed by atoms with Gasteiger partial charge in [-0.05, 0) is 30.9 Å². The third-order valence-corrected chi connectivity index (χ3v) is 4.85. The minimum Gasteiger partial charge on any atom is -0.270 e. The van der Waals surface area contributed by atoms with Gasteiger partial charge in [-0.15, -0.1) is 0 Å². The van der Waals surface area contributed by atoms with Crippen molar-refractivity contribution in [2.24, 2.45) is 0 Å². The van der Waals surface area contributed by atoms with Crippen LogP contribution in [0.2, 0.25) is 0 Å². The average molecular weight is 239 g/mol. The van der Waals surface area contributed by atoms with Crippen molar-refractivity contribution in [2.75, 3.05) is 16.6 Å². The summed E-state index contributed by atoms with van der Waals surface area (Å²) in [5, 5.41) is 0. The quantitative estimate of drug-likeness (QED) is 0.793. The topological polar surface area (TPSA) is 37.4 Å². The lowest BCUT2D eigenvalue weighted by atomic mass is 10.1. The zero-order valence-corrected chi connectivity index (χ0v) is 10.3. The lowest BCUT2D eigenvalue weighted by molar-refractivity contribution is 0.574. The van der Waals surface area contributed by atoms with E-state index in [1.54, 1.807) is 4.31 Å². The molecule has 0 aliphatic carbocycles. The Kier molecular flexibility index (Phi) is 3.19. The Morgan fingerprint density at radius 3 is 2.69 bits per heavy atom. The molecule has 4 heteroatoms. The van der Waals surface area contributed by atoms with Crippen LogP contribution in [0.4, 0.5) is 5.69 Å². The van der Waals surface area contributed by atoms with Crippen LogP contribution in [0.3, 0.4) is 0 Å². The van der Waals surface area contributed by atoms with Crippen LogP contribution in [0.25, 0.3) is 0 Å². The predicted molar refractivity (Wildman–Crippen MR) is 66.2 cm³/mol. The number of hydrogen-bond acceptors (Lipinski definition) is 2. The van der Waals surface area contributed by atoms with Crippen molar-refractivity contribution in [1.82, 2.24) is 0 Å². The largest absolute Gasteiger partial charge is 0.270 e. The normalized spacial score (nSPS) is 19.7. The highest BCUT2D eigenvalue weighted by atomic mass is 32.2. The first-order valence-electron chi connectivity index (χ1n) is 5.73. The van der Waals surface area contributed by atoms with Crippen molar-refractivity contribution in [3.05, 3.63) is 29.8 Å². The van der Waals surface area contributed by atoms with Crippen LogP contribution in [0.5, 0.6) is 0 Å². The van der Waals surface area contributed by atoms with Crippen molar-refractivity contribution in [3.63, 3.8) is 0 Å². The number of para-hydroxylation sites is 1. The predicted octanol–water partition coefficient (Wildman–Crippen LogP) is 2.18. The molecule has 0 aromatic heterocycles. The molecule has 1 saturated heterocycles. The van der Waals surface area contributed by atoms with Gasteiger partial charge in [0.1, 0.15) is 0 Å². The molecule has 0 spiro atoms. The average Bonchev–Trinajstić information content (AvgIpc) is 2.28. The molecule has 0 unspecified atom stereocenters. The molecule has 1 aromatic carbocycles. The molecule has 1 heterocycles. The SMILES string of the molecule is CCc1ccccc1N1CCCCS1(=O)=O. The minimum absolute atomic E-state index is 0.283. The van der Waals surface area contributed by atoms with E-state index in [9.17, 15) is 8.42 Å². The minimum atomic E-state index is -3.08. The molecule has 0 atom stereocenters. The molecule has 1 aliphatic rings. The van der Waals surface area contributed by atoms with Gasteiger partial charge in [0.25, 0.3) is 0 Å². The van der Waals surface area contributed by atoms with Crippen LogP contribution >= 0.6 is 0 Å². The summed E-state index contributed by atoms with van der Waals surface area (Å²) >= 11 is 0. The fourth-order valence-corrected chi connectivity index (χ4v) is 3.79.